The van der Waals surface area contributed by atoms with Crippen molar-refractivity contribution in [3.8, 4) is 0 Å². The monoisotopic (exact) mass is 282 g/mol. The quantitative estimate of drug-likeness (QED) is 0.565. The summed E-state index contributed by atoms with van der Waals surface area (Å²) in [4.78, 5) is 28.5. The Balaban J connectivity index is -0.0000000865. The van der Waals surface area contributed by atoms with Crippen molar-refractivity contribution in [3.63, 3.8) is 0 Å². The second-order valence-corrected chi connectivity index (χ2v) is 3.19. The molecular formula is C11H26N2O6. The van der Waals surface area contributed by atoms with Crippen LogP contribution in [0.5, 0.6) is 0 Å². The van der Waals surface area contributed by atoms with Crippen LogP contribution in [-0.2, 0) is 9.59 Å². The van der Waals surface area contributed by atoms with E-state index in [0.29, 0.717) is 19.4 Å². The van der Waals surface area contributed by atoms with E-state index in [-0.39, 0.29) is 19.0 Å². The van der Waals surface area contributed by atoms with Crippen molar-refractivity contribution in [2.24, 2.45) is 0 Å². The standard InChI is InChI=1S/2C4H8O2.C3H7NO2.H3N/c2*1-2-3-4(5)6;1-2-4-3(5)6;/h2*2-3H2,1H3,(H,5,6);4H,2H2,1H3,(H,5,6);1H3. The van der Waals surface area contributed by atoms with Crippen LogP contribution in [0.4, 0.5) is 4.79 Å². The second kappa shape index (κ2) is 21.6. The number of carbonyl (C=O) groups excluding carboxylic acids is 2. The summed E-state index contributed by atoms with van der Waals surface area (Å²) in [5.74, 6) is -1.92. The zero-order valence-corrected chi connectivity index (χ0v) is 12.1. The van der Waals surface area contributed by atoms with E-state index in [1.807, 2.05) is 0 Å². The molecule has 8 heteroatoms. The molecule has 0 aromatic carbocycles. The van der Waals surface area contributed by atoms with E-state index in [1.54, 1.807) is 20.8 Å². The van der Waals surface area contributed by atoms with E-state index >= 15 is 0 Å². The highest BCUT2D eigenvalue weighted by Gasteiger charge is 1.91. The summed E-state index contributed by atoms with van der Waals surface area (Å²) in [7, 11) is 0. The molecular weight excluding hydrogens is 256 g/mol. The predicted octanol–water partition coefficient (Wildman–Crippen LogP) is -1.30. The molecule has 116 valence electrons. The number of quaternary nitrogens is 2. The van der Waals surface area contributed by atoms with E-state index in [9.17, 15) is 24.6 Å². The molecule has 19 heavy (non-hydrogen) atoms. The number of hydrogen-bond acceptors (Lipinski definition) is 5. The van der Waals surface area contributed by atoms with E-state index in [0.717, 1.165) is 0 Å². The number of nitrogens with two attached hydrogens (primary N) is 1. The normalized spacial score (nSPS) is 7.74. The van der Waals surface area contributed by atoms with E-state index in [1.165, 1.54) is 5.32 Å². The molecule has 0 atom stereocenters. The van der Waals surface area contributed by atoms with Crippen LogP contribution in [0.15, 0.2) is 0 Å². The minimum atomic E-state index is -0.961. The van der Waals surface area contributed by atoms with E-state index < -0.39 is 18.0 Å². The maximum Gasteiger partial charge on any atom is 0.510 e. The summed E-state index contributed by atoms with van der Waals surface area (Å²) in [5, 5.41) is 28.0. The van der Waals surface area contributed by atoms with Crippen molar-refractivity contribution in [3.05, 3.63) is 0 Å². The highest BCUT2D eigenvalue weighted by molar-refractivity contribution is 5.64. The molecule has 0 aliphatic rings. The Morgan fingerprint density at radius 2 is 1.26 bits per heavy atom. The summed E-state index contributed by atoms with van der Waals surface area (Å²) in [6.07, 6.45) is 0.863. The SMILES string of the molecule is CCCC(=O)[O-].CCCC(=O)[O-].CC[NH2+]C(=O)O.[NH4+]. The fraction of sp³-hybridized carbons (Fsp3) is 0.727. The minimum absolute atomic E-state index is 0. The maximum absolute atomic E-state index is 9.54. The van der Waals surface area contributed by atoms with Crippen molar-refractivity contribution in [2.75, 3.05) is 6.54 Å². The number of amides is 1. The fourth-order valence-corrected chi connectivity index (χ4v) is 0.583. The summed E-state index contributed by atoms with van der Waals surface area (Å²) in [6.45, 7) is 6.00. The zero-order valence-electron chi connectivity index (χ0n) is 12.1. The predicted molar refractivity (Wildman–Crippen MR) is 66.3 cm³/mol. The van der Waals surface area contributed by atoms with Crippen LogP contribution in [0, 0.1) is 0 Å². The number of hydrogen-bond donors (Lipinski definition) is 3. The molecule has 0 aliphatic heterocycles. The van der Waals surface area contributed by atoms with Gasteiger partial charge in [0.25, 0.3) is 0 Å². The Hall–Kier alpha value is -1.67. The highest BCUT2D eigenvalue weighted by Crippen LogP contribution is 1.79. The van der Waals surface area contributed by atoms with Gasteiger partial charge in [-0.3, -0.25) is 0 Å². The topological polar surface area (TPSA) is 171 Å². The van der Waals surface area contributed by atoms with Crippen molar-refractivity contribution >= 4 is 18.0 Å². The Morgan fingerprint density at radius 3 is 1.26 bits per heavy atom. The van der Waals surface area contributed by atoms with Crippen LogP contribution in [0.3, 0.4) is 0 Å². The Labute approximate surface area is 113 Å². The Bertz CT molecular complexity index is 195. The first-order valence-electron chi connectivity index (χ1n) is 5.77. The van der Waals surface area contributed by atoms with Gasteiger partial charge in [0, 0.05) is 11.9 Å². The lowest BCUT2D eigenvalue weighted by Crippen LogP contribution is -2.87. The lowest BCUT2D eigenvalue weighted by molar-refractivity contribution is -0.565. The average Bonchev–Trinajstić information content (AvgIpc) is 2.18. The first-order chi connectivity index (χ1) is 8.31. The van der Waals surface area contributed by atoms with Gasteiger partial charge in [0.15, 0.2) is 0 Å². The van der Waals surface area contributed by atoms with Gasteiger partial charge < -0.3 is 31.1 Å². The van der Waals surface area contributed by atoms with Gasteiger partial charge in [-0.15, -0.1) is 0 Å². The molecule has 0 fully saturated rings. The van der Waals surface area contributed by atoms with Gasteiger partial charge in [-0.05, 0) is 19.8 Å². The molecule has 0 heterocycles. The molecule has 0 radical (unpaired) electrons. The first-order valence-corrected chi connectivity index (χ1v) is 5.77. The lowest BCUT2D eigenvalue weighted by atomic mass is 10.4. The van der Waals surface area contributed by atoms with Gasteiger partial charge >= 0.3 is 6.09 Å². The third kappa shape index (κ3) is 62.4. The second-order valence-electron chi connectivity index (χ2n) is 3.19. The van der Waals surface area contributed by atoms with Gasteiger partial charge in [0.2, 0.25) is 0 Å². The number of carboxylic acids is 2. The van der Waals surface area contributed by atoms with Crippen molar-refractivity contribution < 1.29 is 35.0 Å². The summed E-state index contributed by atoms with van der Waals surface area (Å²) < 4.78 is 0. The number of rotatable bonds is 5. The Morgan fingerprint density at radius 1 is 0.947 bits per heavy atom. The highest BCUT2D eigenvalue weighted by atomic mass is 16.4. The van der Waals surface area contributed by atoms with Gasteiger partial charge in [0.05, 0.1) is 6.54 Å². The largest absolute Gasteiger partial charge is 0.550 e. The molecule has 7 N–H and O–H groups in total. The summed E-state index contributed by atoms with van der Waals surface area (Å²) in [6, 6.07) is 0. The first kappa shape index (κ1) is 26.0. The zero-order chi connectivity index (χ0) is 15.0. The summed E-state index contributed by atoms with van der Waals surface area (Å²) in [5.41, 5.74) is 0. The van der Waals surface area contributed by atoms with Crippen LogP contribution in [0.25, 0.3) is 0 Å². The van der Waals surface area contributed by atoms with Crippen molar-refractivity contribution in [1.29, 1.82) is 0 Å². The smallest absolute Gasteiger partial charge is 0.510 e. The van der Waals surface area contributed by atoms with E-state index in [4.69, 9.17) is 5.11 Å². The Kier molecular flexibility index (Phi) is 29.6. The molecule has 0 saturated heterocycles. The van der Waals surface area contributed by atoms with Crippen LogP contribution < -0.4 is 21.7 Å². The van der Waals surface area contributed by atoms with Crippen LogP contribution in [0.2, 0.25) is 0 Å². The van der Waals surface area contributed by atoms with Crippen molar-refractivity contribution in [2.45, 2.75) is 46.5 Å². The third-order valence-electron chi connectivity index (χ3n) is 1.29. The number of carboxylic acid groups (broad SMARTS) is 3. The molecule has 0 saturated carbocycles. The molecule has 0 rings (SSSR count). The van der Waals surface area contributed by atoms with Gasteiger partial charge in [-0.1, -0.05) is 26.7 Å². The lowest BCUT2D eigenvalue weighted by Gasteiger charge is -1.92. The van der Waals surface area contributed by atoms with E-state index in [2.05, 4.69) is 0 Å². The molecule has 8 nitrogen and oxygen atoms in total. The molecule has 1 amide bonds. The molecule has 0 unspecified atom stereocenters. The summed E-state index contributed by atoms with van der Waals surface area (Å²) >= 11 is 0. The van der Waals surface area contributed by atoms with Crippen LogP contribution >= 0.6 is 0 Å². The number of aliphatic carboxylic acids is 2. The average molecular weight is 282 g/mol. The molecule has 0 spiro atoms. The van der Waals surface area contributed by atoms with Crippen molar-refractivity contribution in [1.82, 2.24) is 6.15 Å². The molecule has 0 aromatic rings. The van der Waals surface area contributed by atoms with Gasteiger partial charge in [-0.2, -0.15) is 4.79 Å². The molecule has 0 bridgehead atoms. The molecule has 0 aliphatic carbocycles. The van der Waals surface area contributed by atoms with Gasteiger partial charge in [-0.25, -0.2) is 5.32 Å². The fourth-order valence-electron chi connectivity index (χ4n) is 0.583. The minimum Gasteiger partial charge on any atom is -0.550 e. The number of carbonyl (C=O) groups is 3. The third-order valence-corrected chi connectivity index (χ3v) is 1.29. The van der Waals surface area contributed by atoms with Gasteiger partial charge in [0.1, 0.15) is 0 Å². The van der Waals surface area contributed by atoms with Crippen LogP contribution in [0.1, 0.15) is 46.5 Å². The van der Waals surface area contributed by atoms with Crippen LogP contribution in [-0.4, -0.2) is 29.7 Å². The number of primary amides is 1. The molecule has 0 aromatic heterocycles. The maximum atomic E-state index is 9.54.